The van der Waals surface area contributed by atoms with Crippen molar-refractivity contribution in [3.8, 4) is 23.8 Å². The average Bonchev–Trinajstić information content (AvgIpc) is 2.77. The zero-order valence-electron chi connectivity index (χ0n) is 17.8. The average molecular weight is 460 g/mol. The molecule has 4 rings (SSSR count). The Labute approximate surface area is 187 Å². The van der Waals surface area contributed by atoms with Crippen molar-refractivity contribution in [2.45, 2.75) is 18.4 Å². The number of piperidine rings is 1. The number of hydrogen-bond donors (Lipinski definition) is 1. The van der Waals surface area contributed by atoms with Gasteiger partial charge in [0.2, 0.25) is 0 Å². The number of alkyl halides is 2. The van der Waals surface area contributed by atoms with Crippen molar-refractivity contribution in [1.29, 1.82) is 0 Å². The van der Waals surface area contributed by atoms with Gasteiger partial charge in [-0.2, -0.15) is 0 Å². The highest BCUT2D eigenvalue weighted by Gasteiger charge is 2.45. The van der Waals surface area contributed by atoms with Gasteiger partial charge in [-0.3, -0.25) is 0 Å². The lowest BCUT2D eigenvalue weighted by Gasteiger charge is -2.36. The summed E-state index contributed by atoms with van der Waals surface area (Å²) in [4.78, 5) is 9.82. The maximum Gasteiger partial charge on any atom is 0.296 e. The quantitative estimate of drug-likeness (QED) is 0.451. The molecule has 1 aliphatic heterocycles. The number of methoxy groups -OCH3 is 1. The van der Waals surface area contributed by atoms with E-state index in [1.54, 1.807) is 7.05 Å². The van der Waals surface area contributed by atoms with Gasteiger partial charge in [0.15, 0.2) is 23.4 Å². The standard InChI is InChI=1S/C23H20F4N4O2/c1-4-13-15(24)5-6-16(21(13)25)30-22-14-9-19(18(32-3)10-17(14)28-12-29-22)33-20-7-8-31(2)11-23(20,26)27/h1,5-6,9-10,12,20H,7-8,11H2,2-3H3,(H,28,29,30). The highest BCUT2D eigenvalue weighted by Crippen LogP contribution is 2.38. The number of anilines is 2. The Morgan fingerprint density at radius 2 is 2.00 bits per heavy atom. The van der Waals surface area contributed by atoms with Crippen LogP contribution in [0.25, 0.3) is 10.9 Å². The molecule has 1 saturated heterocycles. The molecule has 6 nitrogen and oxygen atoms in total. The van der Waals surface area contributed by atoms with Crippen LogP contribution in [0.4, 0.5) is 29.1 Å². The van der Waals surface area contributed by atoms with Gasteiger partial charge < -0.3 is 19.7 Å². The molecule has 0 aliphatic carbocycles. The normalized spacial score (nSPS) is 18.0. The summed E-state index contributed by atoms with van der Waals surface area (Å²) in [6, 6.07) is 5.18. The molecule has 33 heavy (non-hydrogen) atoms. The van der Waals surface area contributed by atoms with Crippen molar-refractivity contribution in [2.24, 2.45) is 0 Å². The fraction of sp³-hybridized carbons (Fsp3) is 0.304. The number of terminal acetylenes is 1. The highest BCUT2D eigenvalue weighted by atomic mass is 19.3. The lowest BCUT2D eigenvalue weighted by atomic mass is 10.0. The van der Waals surface area contributed by atoms with Gasteiger partial charge in [-0.1, -0.05) is 5.92 Å². The Hall–Kier alpha value is -3.58. The summed E-state index contributed by atoms with van der Waals surface area (Å²) in [5.41, 5.74) is -0.232. The van der Waals surface area contributed by atoms with Gasteiger partial charge in [0, 0.05) is 24.4 Å². The van der Waals surface area contributed by atoms with Crippen molar-refractivity contribution in [3.63, 3.8) is 0 Å². The molecule has 0 radical (unpaired) electrons. The second-order valence-electron chi connectivity index (χ2n) is 7.69. The summed E-state index contributed by atoms with van der Waals surface area (Å²) in [6.07, 6.45) is 5.20. The highest BCUT2D eigenvalue weighted by molar-refractivity contribution is 5.93. The van der Waals surface area contributed by atoms with E-state index in [4.69, 9.17) is 15.9 Å². The Kier molecular flexibility index (Phi) is 5.99. The van der Waals surface area contributed by atoms with E-state index in [2.05, 4.69) is 15.3 Å². The lowest BCUT2D eigenvalue weighted by Crippen LogP contribution is -2.52. The number of hydrogen-bond acceptors (Lipinski definition) is 6. The number of benzene rings is 2. The largest absolute Gasteiger partial charge is 0.493 e. The molecule has 1 aromatic heterocycles. The third kappa shape index (κ3) is 4.36. The zero-order valence-corrected chi connectivity index (χ0v) is 17.8. The topological polar surface area (TPSA) is 59.5 Å². The molecule has 0 amide bonds. The summed E-state index contributed by atoms with van der Waals surface area (Å²) >= 11 is 0. The number of halogens is 4. The number of likely N-dealkylation sites (tertiary alicyclic amines) is 1. The van der Waals surface area contributed by atoms with Crippen LogP contribution < -0.4 is 14.8 Å². The number of nitrogens with one attached hydrogen (secondary N) is 1. The van der Waals surface area contributed by atoms with E-state index in [0.29, 0.717) is 17.4 Å². The fourth-order valence-corrected chi connectivity index (χ4v) is 3.71. The van der Waals surface area contributed by atoms with Crippen LogP contribution in [0.5, 0.6) is 11.5 Å². The number of aromatic nitrogens is 2. The molecule has 172 valence electrons. The second-order valence-corrected chi connectivity index (χ2v) is 7.69. The molecule has 3 aromatic rings. The van der Waals surface area contributed by atoms with Gasteiger partial charge >= 0.3 is 0 Å². The Bertz CT molecular complexity index is 1250. The first kappa shape index (κ1) is 22.6. The molecular formula is C23H20F4N4O2. The van der Waals surface area contributed by atoms with Crippen molar-refractivity contribution in [1.82, 2.24) is 14.9 Å². The van der Waals surface area contributed by atoms with Gasteiger partial charge in [0.05, 0.1) is 30.4 Å². The second kappa shape index (κ2) is 8.75. The molecule has 0 spiro atoms. The molecule has 2 heterocycles. The van der Waals surface area contributed by atoms with E-state index >= 15 is 0 Å². The van der Waals surface area contributed by atoms with Gasteiger partial charge in [0.25, 0.3) is 5.92 Å². The number of rotatable bonds is 5. The summed E-state index contributed by atoms with van der Waals surface area (Å²) in [7, 11) is 3.01. The summed E-state index contributed by atoms with van der Waals surface area (Å²) in [5, 5.41) is 3.12. The van der Waals surface area contributed by atoms with Crippen LogP contribution in [0.3, 0.4) is 0 Å². The van der Waals surface area contributed by atoms with E-state index in [1.807, 2.05) is 5.92 Å². The molecule has 1 atom stereocenters. The molecule has 2 aromatic carbocycles. The smallest absolute Gasteiger partial charge is 0.296 e. The third-order valence-electron chi connectivity index (χ3n) is 5.40. The van der Waals surface area contributed by atoms with E-state index in [0.717, 1.165) is 6.07 Å². The molecule has 10 heteroatoms. The summed E-state index contributed by atoms with van der Waals surface area (Å²) in [6.45, 7) is 0.0261. The van der Waals surface area contributed by atoms with E-state index in [1.165, 1.54) is 36.5 Å². The predicted molar refractivity (Wildman–Crippen MR) is 115 cm³/mol. The molecular weight excluding hydrogens is 440 g/mol. The van der Waals surface area contributed by atoms with Crippen molar-refractivity contribution in [2.75, 3.05) is 32.6 Å². The van der Waals surface area contributed by atoms with Gasteiger partial charge in [-0.05, 0) is 25.2 Å². The van der Waals surface area contributed by atoms with Crippen molar-refractivity contribution >= 4 is 22.4 Å². The number of ether oxygens (including phenoxy) is 2. The van der Waals surface area contributed by atoms with Crippen LogP contribution in [0.2, 0.25) is 0 Å². The predicted octanol–water partition coefficient (Wildman–Crippen LogP) is 4.36. The van der Waals surface area contributed by atoms with Crippen LogP contribution in [0.1, 0.15) is 12.0 Å². The maximum absolute atomic E-state index is 14.6. The third-order valence-corrected chi connectivity index (χ3v) is 5.40. The van der Waals surface area contributed by atoms with Crippen LogP contribution in [-0.4, -0.2) is 54.1 Å². The van der Waals surface area contributed by atoms with Gasteiger partial charge in [-0.15, -0.1) is 6.42 Å². The lowest BCUT2D eigenvalue weighted by molar-refractivity contribution is -0.135. The monoisotopic (exact) mass is 460 g/mol. The Balaban J connectivity index is 1.74. The van der Waals surface area contributed by atoms with Crippen LogP contribution in [0.15, 0.2) is 30.6 Å². The number of nitrogens with zero attached hydrogens (tertiary/aromatic N) is 3. The molecule has 1 unspecified atom stereocenters. The van der Waals surface area contributed by atoms with Crippen molar-refractivity contribution in [3.05, 3.63) is 47.8 Å². The van der Waals surface area contributed by atoms with Crippen molar-refractivity contribution < 1.29 is 27.0 Å². The zero-order chi connectivity index (χ0) is 23.8. The molecule has 1 fully saturated rings. The van der Waals surface area contributed by atoms with Crippen LogP contribution in [0, 0.1) is 24.0 Å². The van der Waals surface area contributed by atoms with Crippen LogP contribution in [-0.2, 0) is 0 Å². The first-order valence-electron chi connectivity index (χ1n) is 10.0. The minimum Gasteiger partial charge on any atom is -0.493 e. The first-order valence-corrected chi connectivity index (χ1v) is 10.0. The molecule has 1 N–H and O–H groups in total. The van der Waals surface area contributed by atoms with E-state index in [9.17, 15) is 17.6 Å². The van der Waals surface area contributed by atoms with E-state index in [-0.39, 0.29) is 29.4 Å². The molecule has 0 saturated carbocycles. The SMILES string of the molecule is C#Cc1c(F)ccc(Nc2ncnc3cc(OC)c(OC4CCN(C)CC4(F)F)cc23)c1F. The Morgan fingerprint density at radius 3 is 2.70 bits per heavy atom. The summed E-state index contributed by atoms with van der Waals surface area (Å²) in [5.74, 6) is -2.49. The minimum atomic E-state index is -3.07. The van der Waals surface area contributed by atoms with Crippen LogP contribution >= 0.6 is 0 Å². The fourth-order valence-electron chi connectivity index (χ4n) is 3.71. The van der Waals surface area contributed by atoms with E-state index < -0.39 is 35.8 Å². The minimum absolute atomic E-state index is 0.0703. The summed E-state index contributed by atoms with van der Waals surface area (Å²) < 4.78 is 68.4. The number of fused-ring (bicyclic) bond motifs is 1. The molecule has 1 aliphatic rings. The maximum atomic E-state index is 14.6. The first-order chi connectivity index (χ1) is 15.7. The Morgan fingerprint density at radius 1 is 1.21 bits per heavy atom. The van der Waals surface area contributed by atoms with Gasteiger partial charge in [-0.25, -0.2) is 27.5 Å². The molecule has 0 bridgehead atoms. The van der Waals surface area contributed by atoms with Gasteiger partial charge in [0.1, 0.15) is 18.0 Å².